The number of hydrogen-bond donors (Lipinski definition) is 1. The van der Waals surface area contributed by atoms with Crippen LogP contribution >= 0.6 is 0 Å². The molecule has 1 fully saturated rings. The average Bonchev–Trinajstić information content (AvgIpc) is 2.20. The van der Waals surface area contributed by atoms with Gasteiger partial charge in [0, 0.05) is 5.70 Å². The zero-order chi connectivity index (χ0) is 10.3. The molecule has 0 spiro atoms. The molecule has 15 heavy (non-hydrogen) atoms. The summed E-state index contributed by atoms with van der Waals surface area (Å²) in [6.45, 7) is 0. The monoisotopic (exact) mass is 199 g/mol. The van der Waals surface area contributed by atoms with Gasteiger partial charge in [-0.15, -0.1) is 0 Å². The number of nitrogens with two attached hydrogens (primary N) is 1. The summed E-state index contributed by atoms with van der Waals surface area (Å²) in [5, 5.41) is 0. The Morgan fingerprint density at radius 3 is 2.60 bits per heavy atom. The second-order valence-electron chi connectivity index (χ2n) is 4.77. The minimum Gasteiger partial charge on any atom is -0.402 e. The van der Waals surface area contributed by atoms with Crippen LogP contribution in [0.5, 0.6) is 0 Å². The summed E-state index contributed by atoms with van der Waals surface area (Å²) < 4.78 is 0. The first-order chi connectivity index (χ1) is 7.33. The Labute approximate surface area is 91.0 Å². The molecule has 1 unspecified atom stereocenters. The largest absolute Gasteiger partial charge is 0.402 e. The Morgan fingerprint density at radius 1 is 1.07 bits per heavy atom. The highest BCUT2D eigenvalue weighted by Crippen LogP contribution is 2.41. The molecule has 0 aromatic carbocycles. The Bertz CT molecular complexity index is 407. The molecule has 1 heteroatoms. The maximum absolute atomic E-state index is 5.88. The quantitative estimate of drug-likeness (QED) is 0.689. The van der Waals surface area contributed by atoms with E-state index in [4.69, 9.17) is 5.73 Å². The first-order valence-corrected chi connectivity index (χ1v) is 5.90. The van der Waals surface area contributed by atoms with E-state index in [-0.39, 0.29) is 0 Å². The molecule has 3 aliphatic rings. The fourth-order valence-corrected chi connectivity index (χ4v) is 2.63. The molecule has 0 radical (unpaired) electrons. The normalized spacial score (nSPS) is 29.2. The molecule has 0 heterocycles. The predicted octanol–water partition coefficient (Wildman–Crippen LogP) is 3.22. The van der Waals surface area contributed by atoms with Gasteiger partial charge in [0.05, 0.1) is 0 Å². The third-order valence-corrected chi connectivity index (χ3v) is 3.74. The predicted molar refractivity (Wildman–Crippen MR) is 63.1 cm³/mol. The van der Waals surface area contributed by atoms with E-state index < -0.39 is 0 Å². The lowest BCUT2D eigenvalue weighted by atomic mass is 9.72. The van der Waals surface area contributed by atoms with E-state index in [1.807, 2.05) is 0 Å². The smallest absolute Gasteiger partial charge is 0.00896 e. The summed E-state index contributed by atoms with van der Waals surface area (Å²) in [6, 6.07) is 0. The molecular formula is C14H17N. The van der Waals surface area contributed by atoms with Crippen molar-refractivity contribution >= 4 is 0 Å². The highest BCUT2D eigenvalue weighted by atomic mass is 14.6. The van der Waals surface area contributed by atoms with Gasteiger partial charge in [-0.05, 0) is 55.2 Å². The van der Waals surface area contributed by atoms with E-state index in [1.54, 1.807) is 5.57 Å². The summed E-state index contributed by atoms with van der Waals surface area (Å²) in [5.74, 6) is 0.874. The molecule has 0 saturated heterocycles. The van der Waals surface area contributed by atoms with Crippen molar-refractivity contribution in [2.24, 2.45) is 11.7 Å². The zero-order valence-electron chi connectivity index (χ0n) is 9.00. The lowest BCUT2D eigenvalue weighted by Gasteiger charge is -2.33. The van der Waals surface area contributed by atoms with Gasteiger partial charge in [-0.3, -0.25) is 0 Å². The van der Waals surface area contributed by atoms with Crippen LogP contribution in [-0.4, -0.2) is 0 Å². The molecule has 0 aromatic rings. The average molecular weight is 199 g/mol. The molecule has 1 saturated carbocycles. The molecule has 0 bridgehead atoms. The molecular weight excluding hydrogens is 182 g/mol. The minimum atomic E-state index is 0.874. The van der Waals surface area contributed by atoms with Crippen molar-refractivity contribution in [2.75, 3.05) is 0 Å². The van der Waals surface area contributed by atoms with Gasteiger partial charge in [-0.1, -0.05) is 23.8 Å². The van der Waals surface area contributed by atoms with E-state index in [0.717, 1.165) is 24.5 Å². The molecule has 0 aliphatic heterocycles. The number of fused-ring (bicyclic) bond motifs is 1. The number of allylic oxidation sites excluding steroid dienone is 8. The molecule has 0 aromatic heterocycles. The van der Waals surface area contributed by atoms with Gasteiger partial charge in [0.1, 0.15) is 0 Å². The van der Waals surface area contributed by atoms with Gasteiger partial charge in [0.2, 0.25) is 0 Å². The summed E-state index contributed by atoms with van der Waals surface area (Å²) in [5.41, 5.74) is 11.3. The first kappa shape index (κ1) is 9.02. The van der Waals surface area contributed by atoms with Crippen molar-refractivity contribution in [3.8, 4) is 0 Å². The van der Waals surface area contributed by atoms with E-state index in [0.29, 0.717) is 0 Å². The Kier molecular flexibility index (Phi) is 2.05. The molecule has 78 valence electrons. The maximum atomic E-state index is 5.88. The highest BCUT2D eigenvalue weighted by molar-refractivity contribution is 5.52. The standard InChI is InChI=1S/C14H17N/c15-14-3-1-2-11(9-14)13-7-5-10-4-6-12(10)8-13/h2,7-10H,1,3-6,15H2. The van der Waals surface area contributed by atoms with Crippen molar-refractivity contribution in [3.05, 3.63) is 46.7 Å². The van der Waals surface area contributed by atoms with Crippen molar-refractivity contribution in [3.63, 3.8) is 0 Å². The third kappa shape index (κ3) is 1.56. The second-order valence-corrected chi connectivity index (χ2v) is 4.77. The van der Waals surface area contributed by atoms with E-state index >= 15 is 0 Å². The summed E-state index contributed by atoms with van der Waals surface area (Å²) in [6.07, 6.45) is 15.3. The summed E-state index contributed by atoms with van der Waals surface area (Å²) in [7, 11) is 0. The van der Waals surface area contributed by atoms with Crippen LogP contribution in [0.1, 0.15) is 32.1 Å². The van der Waals surface area contributed by atoms with Crippen LogP contribution in [0, 0.1) is 5.92 Å². The first-order valence-electron chi connectivity index (χ1n) is 5.90. The van der Waals surface area contributed by atoms with Crippen LogP contribution in [-0.2, 0) is 0 Å². The van der Waals surface area contributed by atoms with Gasteiger partial charge >= 0.3 is 0 Å². The fraction of sp³-hybridized carbons (Fsp3) is 0.429. The molecule has 3 rings (SSSR count). The number of rotatable bonds is 1. The van der Waals surface area contributed by atoms with Crippen LogP contribution in [0.3, 0.4) is 0 Å². The molecule has 2 N–H and O–H groups in total. The van der Waals surface area contributed by atoms with Gasteiger partial charge in [0.15, 0.2) is 0 Å². The van der Waals surface area contributed by atoms with Crippen LogP contribution in [0.15, 0.2) is 46.7 Å². The van der Waals surface area contributed by atoms with E-state index in [1.165, 1.54) is 30.4 Å². The van der Waals surface area contributed by atoms with Crippen molar-refractivity contribution in [1.29, 1.82) is 0 Å². The summed E-state index contributed by atoms with van der Waals surface area (Å²) in [4.78, 5) is 0. The molecule has 1 atom stereocenters. The van der Waals surface area contributed by atoms with Crippen LogP contribution in [0.2, 0.25) is 0 Å². The van der Waals surface area contributed by atoms with Gasteiger partial charge < -0.3 is 5.73 Å². The molecule has 1 nitrogen and oxygen atoms in total. The van der Waals surface area contributed by atoms with Crippen molar-refractivity contribution in [2.45, 2.75) is 32.1 Å². The topological polar surface area (TPSA) is 26.0 Å². The SMILES string of the molecule is NC1=CC(C2=CCC3CCC3=C2)=CCC1. The zero-order valence-corrected chi connectivity index (χ0v) is 9.00. The van der Waals surface area contributed by atoms with Gasteiger partial charge in [-0.2, -0.15) is 0 Å². The van der Waals surface area contributed by atoms with Gasteiger partial charge in [-0.25, -0.2) is 0 Å². The van der Waals surface area contributed by atoms with Crippen LogP contribution in [0.4, 0.5) is 0 Å². The van der Waals surface area contributed by atoms with Crippen molar-refractivity contribution in [1.82, 2.24) is 0 Å². The Hall–Kier alpha value is -1.24. The number of hydrogen-bond acceptors (Lipinski definition) is 1. The van der Waals surface area contributed by atoms with E-state index in [9.17, 15) is 0 Å². The van der Waals surface area contributed by atoms with E-state index in [2.05, 4.69) is 24.3 Å². The molecule has 3 aliphatic carbocycles. The molecule has 0 amide bonds. The third-order valence-electron chi connectivity index (χ3n) is 3.74. The van der Waals surface area contributed by atoms with Gasteiger partial charge in [0.25, 0.3) is 0 Å². The minimum absolute atomic E-state index is 0.874. The lowest BCUT2D eigenvalue weighted by molar-refractivity contribution is 0.441. The Morgan fingerprint density at radius 2 is 1.93 bits per heavy atom. The maximum Gasteiger partial charge on any atom is 0.00896 e. The fourth-order valence-electron chi connectivity index (χ4n) is 2.63. The second kappa shape index (κ2) is 3.41. The van der Waals surface area contributed by atoms with Crippen molar-refractivity contribution < 1.29 is 0 Å². The highest BCUT2D eigenvalue weighted by Gasteiger charge is 2.26. The summed E-state index contributed by atoms with van der Waals surface area (Å²) >= 11 is 0. The lowest BCUT2D eigenvalue weighted by Crippen LogP contribution is -2.18. The Balaban J connectivity index is 1.86. The van der Waals surface area contributed by atoms with Crippen LogP contribution < -0.4 is 5.73 Å². The van der Waals surface area contributed by atoms with Crippen LogP contribution in [0.25, 0.3) is 0 Å².